The molecule has 0 aromatic heterocycles. The Kier molecular flexibility index (Phi) is 4.15. The van der Waals surface area contributed by atoms with E-state index in [0.717, 1.165) is 11.1 Å². The number of hydrogen-bond donors (Lipinski definition) is 1. The van der Waals surface area contributed by atoms with E-state index >= 15 is 0 Å². The van der Waals surface area contributed by atoms with Crippen molar-refractivity contribution in [2.45, 2.75) is 25.8 Å². The molecule has 0 heterocycles. The van der Waals surface area contributed by atoms with Crippen LogP contribution in [0.25, 0.3) is 0 Å². The lowest BCUT2D eigenvalue weighted by Gasteiger charge is -2.29. The minimum absolute atomic E-state index is 0.196. The molecular weight excluding hydrogens is 273 g/mol. The number of nitrogens with two attached hydrogens (primary N) is 1. The Bertz CT molecular complexity index is 476. The van der Waals surface area contributed by atoms with E-state index in [2.05, 4.69) is 0 Å². The van der Waals surface area contributed by atoms with E-state index in [0.29, 0.717) is 29.5 Å². The summed E-state index contributed by atoms with van der Waals surface area (Å²) in [6.07, 6.45) is 1.13. The maximum atomic E-state index is 11.8. The average Bonchev–Trinajstić information content (AvgIpc) is 2.34. The van der Waals surface area contributed by atoms with E-state index in [4.69, 9.17) is 33.7 Å². The third-order valence-electron chi connectivity index (χ3n) is 3.24. The lowest BCUT2D eigenvalue weighted by atomic mass is 9.81. The van der Waals surface area contributed by atoms with Crippen LogP contribution >= 0.6 is 23.2 Å². The van der Waals surface area contributed by atoms with Crippen molar-refractivity contribution < 1.29 is 9.53 Å². The highest BCUT2D eigenvalue weighted by Crippen LogP contribution is 2.39. The highest BCUT2D eigenvalue weighted by atomic mass is 35.5. The van der Waals surface area contributed by atoms with Gasteiger partial charge in [0.05, 0.1) is 22.6 Å². The van der Waals surface area contributed by atoms with Crippen LogP contribution < -0.4 is 5.73 Å². The summed E-state index contributed by atoms with van der Waals surface area (Å²) >= 11 is 12.2. The molecule has 0 amide bonds. The second-order valence-corrected chi connectivity index (χ2v) is 5.21. The number of benzene rings is 1. The molecule has 98 valence electrons. The van der Waals surface area contributed by atoms with Crippen molar-refractivity contribution in [1.29, 1.82) is 0 Å². The molecule has 0 aliphatic heterocycles. The molecule has 0 saturated heterocycles. The first-order valence-corrected chi connectivity index (χ1v) is 6.69. The number of carbonyl (C=O) groups excluding carboxylic acids is 1. The van der Waals surface area contributed by atoms with E-state index < -0.39 is 0 Å². The third-order valence-corrected chi connectivity index (χ3v) is 4.08. The number of esters is 1. The van der Waals surface area contributed by atoms with E-state index in [1.807, 2.05) is 6.07 Å². The molecule has 0 saturated carbocycles. The van der Waals surface area contributed by atoms with Crippen LogP contribution in [-0.4, -0.2) is 12.6 Å². The highest BCUT2D eigenvalue weighted by molar-refractivity contribution is 6.42. The summed E-state index contributed by atoms with van der Waals surface area (Å²) in [5.74, 6) is -0.446. The van der Waals surface area contributed by atoms with E-state index in [1.54, 1.807) is 13.0 Å². The molecule has 2 N–H and O–H groups in total. The first kappa shape index (κ1) is 13.7. The standard InChI is InChI=1S/C13H15Cl2NO2/c1-2-18-13(17)7-5-9-8(11(16)6-7)3-4-10(14)12(9)15/h3-4,7,11H,2,5-6,16H2,1H3/t7-,11-/m0/s1. The van der Waals surface area contributed by atoms with Crippen molar-refractivity contribution in [3.63, 3.8) is 0 Å². The maximum absolute atomic E-state index is 11.8. The molecule has 2 rings (SSSR count). The Morgan fingerprint density at radius 2 is 2.22 bits per heavy atom. The number of carbonyl (C=O) groups is 1. The summed E-state index contributed by atoms with van der Waals surface area (Å²) in [4.78, 5) is 11.8. The monoisotopic (exact) mass is 287 g/mol. The van der Waals surface area contributed by atoms with Crippen molar-refractivity contribution in [3.8, 4) is 0 Å². The second kappa shape index (κ2) is 5.47. The first-order valence-electron chi connectivity index (χ1n) is 5.93. The zero-order chi connectivity index (χ0) is 13.3. The molecule has 0 fully saturated rings. The van der Waals surface area contributed by atoms with Gasteiger partial charge >= 0.3 is 5.97 Å². The summed E-state index contributed by atoms with van der Waals surface area (Å²) in [5.41, 5.74) is 7.93. The Labute approximate surface area is 116 Å². The summed E-state index contributed by atoms with van der Waals surface area (Å²) < 4.78 is 5.04. The minimum atomic E-state index is -0.233. The molecule has 1 aromatic carbocycles. The minimum Gasteiger partial charge on any atom is -0.466 e. The first-order chi connectivity index (χ1) is 8.54. The smallest absolute Gasteiger partial charge is 0.309 e. The van der Waals surface area contributed by atoms with Gasteiger partial charge in [0.15, 0.2) is 0 Å². The van der Waals surface area contributed by atoms with Crippen LogP contribution in [0, 0.1) is 5.92 Å². The van der Waals surface area contributed by atoms with Crippen molar-refractivity contribution in [2.75, 3.05) is 6.61 Å². The third kappa shape index (κ3) is 2.48. The molecule has 2 atom stereocenters. The average molecular weight is 288 g/mol. The normalized spacial score (nSPS) is 22.4. The number of ether oxygens (including phenoxy) is 1. The van der Waals surface area contributed by atoms with Gasteiger partial charge in [-0.1, -0.05) is 29.3 Å². The van der Waals surface area contributed by atoms with E-state index in [9.17, 15) is 4.79 Å². The Morgan fingerprint density at radius 1 is 1.50 bits per heavy atom. The zero-order valence-electron chi connectivity index (χ0n) is 10.1. The molecule has 3 nitrogen and oxygen atoms in total. The highest BCUT2D eigenvalue weighted by Gasteiger charge is 2.32. The van der Waals surface area contributed by atoms with E-state index in [1.165, 1.54) is 0 Å². The Hall–Kier alpha value is -0.770. The number of halogens is 2. The summed E-state index contributed by atoms with van der Waals surface area (Å²) in [5, 5.41) is 0.991. The topological polar surface area (TPSA) is 52.3 Å². The Morgan fingerprint density at radius 3 is 2.89 bits per heavy atom. The molecular formula is C13H15Cl2NO2. The van der Waals surface area contributed by atoms with Crippen LogP contribution in [0.4, 0.5) is 0 Å². The van der Waals surface area contributed by atoms with Crippen LogP contribution in [0.3, 0.4) is 0 Å². The van der Waals surface area contributed by atoms with Gasteiger partial charge < -0.3 is 10.5 Å². The van der Waals surface area contributed by atoms with Crippen LogP contribution in [0.2, 0.25) is 10.0 Å². The fourth-order valence-electron chi connectivity index (χ4n) is 2.37. The van der Waals surface area contributed by atoms with Crippen LogP contribution in [0.5, 0.6) is 0 Å². The van der Waals surface area contributed by atoms with Gasteiger partial charge in [-0.05, 0) is 37.0 Å². The van der Waals surface area contributed by atoms with Gasteiger partial charge in [0.1, 0.15) is 0 Å². The lowest BCUT2D eigenvalue weighted by molar-refractivity contribution is -0.148. The van der Waals surface area contributed by atoms with Crippen molar-refractivity contribution in [2.24, 2.45) is 11.7 Å². The molecule has 5 heteroatoms. The predicted molar refractivity (Wildman–Crippen MR) is 71.8 cm³/mol. The SMILES string of the molecule is CCOC(=O)[C@H]1Cc2c(ccc(Cl)c2Cl)[C@@H](N)C1. The second-order valence-electron chi connectivity index (χ2n) is 4.42. The van der Waals surface area contributed by atoms with Crippen molar-refractivity contribution in [1.82, 2.24) is 0 Å². The van der Waals surface area contributed by atoms with Crippen LogP contribution in [0.15, 0.2) is 12.1 Å². The van der Waals surface area contributed by atoms with Gasteiger partial charge in [-0.2, -0.15) is 0 Å². The van der Waals surface area contributed by atoms with Gasteiger partial charge in [0, 0.05) is 6.04 Å². The van der Waals surface area contributed by atoms with Gasteiger partial charge in [-0.3, -0.25) is 4.79 Å². The molecule has 0 spiro atoms. The molecule has 0 unspecified atom stereocenters. The molecule has 1 aliphatic rings. The molecule has 0 bridgehead atoms. The number of hydrogen-bond acceptors (Lipinski definition) is 3. The zero-order valence-corrected chi connectivity index (χ0v) is 11.6. The van der Waals surface area contributed by atoms with Crippen molar-refractivity contribution in [3.05, 3.63) is 33.3 Å². The molecule has 1 aromatic rings. The largest absolute Gasteiger partial charge is 0.466 e. The fourth-order valence-corrected chi connectivity index (χ4v) is 2.79. The van der Waals surface area contributed by atoms with Gasteiger partial charge in [0.2, 0.25) is 0 Å². The summed E-state index contributed by atoms with van der Waals surface area (Å²) in [7, 11) is 0. The van der Waals surface area contributed by atoms with Gasteiger partial charge in [0.25, 0.3) is 0 Å². The molecule has 0 radical (unpaired) electrons. The fraction of sp³-hybridized carbons (Fsp3) is 0.462. The number of rotatable bonds is 2. The molecule has 18 heavy (non-hydrogen) atoms. The van der Waals surface area contributed by atoms with Gasteiger partial charge in [-0.25, -0.2) is 0 Å². The van der Waals surface area contributed by atoms with Gasteiger partial charge in [-0.15, -0.1) is 0 Å². The summed E-state index contributed by atoms with van der Waals surface area (Å²) in [6.45, 7) is 2.17. The Balaban J connectivity index is 2.32. The van der Waals surface area contributed by atoms with Crippen LogP contribution in [0.1, 0.15) is 30.5 Å². The lowest BCUT2D eigenvalue weighted by Crippen LogP contribution is -2.30. The van der Waals surface area contributed by atoms with E-state index in [-0.39, 0.29) is 17.9 Å². The predicted octanol–water partition coefficient (Wildman–Crippen LogP) is 3.12. The maximum Gasteiger partial charge on any atom is 0.309 e. The van der Waals surface area contributed by atoms with Crippen molar-refractivity contribution >= 4 is 29.2 Å². The number of fused-ring (bicyclic) bond motifs is 1. The quantitative estimate of drug-likeness (QED) is 0.851. The molecule has 1 aliphatic carbocycles. The van der Waals surface area contributed by atoms with Crippen LogP contribution in [-0.2, 0) is 16.0 Å². The summed E-state index contributed by atoms with van der Waals surface area (Å²) in [6, 6.07) is 3.43.